The molecule has 1 unspecified atom stereocenters. The lowest BCUT2D eigenvalue weighted by Crippen LogP contribution is -2.37. The van der Waals surface area contributed by atoms with Gasteiger partial charge in [0.15, 0.2) is 0 Å². The Morgan fingerprint density at radius 3 is 2.62 bits per heavy atom. The number of nitrogens with one attached hydrogen (secondary N) is 1. The first-order chi connectivity index (χ1) is 9.94. The number of hydrogen-bond donors (Lipinski definition) is 1. The molecule has 1 aromatic heterocycles. The molecule has 7 heteroatoms. The normalized spacial score (nSPS) is 13.0. The van der Waals surface area contributed by atoms with Gasteiger partial charge in [0.05, 0.1) is 11.7 Å². The fourth-order valence-electron chi connectivity index (χ4n) is 1.74. The zero-order valence-corrected chi connectivity index (χ0v) is 12.8. The molecule has 0 amide bonds. The quantitative estimate of drug-likeness (QED) is 0.844. The van der Waals surface area contributed by atoms with E-state index in [1.165, 1.54) is 12.3 Å². The number of sulfonamides is 1. The average Bonchev–Trinajstić information content (AvgIpc) is 2.89. The van der Waals surface area contributed by atoms with E-state index in [1.54, 1.807) is 6.92 Å². The number of rotatable bonds is 7. The van der Waals surface area contributed by atoms with E-state index in [4.69, 9.17) is 4.74 Å². The first-order valence-electron chi connectivity index (χ1n) is 6.53. The molecule has 21 heavy (non-hydrogen) atoms. The van der Waals surface area contributed by atoms with Crippen LogP contribution >= 0.6 is 0 Å². The molecule has 1 atom stereocenters. The minimum Gasteiger partial charge on any atom is -0.492 e. The highest BCUT2D eigenvalue weighted by Gasteiger charge is 2.17. The molecule has 0 saturated carbocycles. The fourth-order valence-corrected chi connectivity index (χ4v) is 3.05. The molecule has 0 spiro atoms. The molecule has 6 nitrogen and oxygen atoms in total. The average molecular weight is 310 g/mol. The standard InChI is InChI=1S/C14H18N2O4S/c1-11-3-5-14(6-4-11)19-9-12(2)16-21(17,18)10-13-7-8-20-15-13/h3-8,12,16H,9-10H2,1-2H3. The summed E-state index contributed by atoms with van der Waals surface area (Å²) >= 11 is 0. The van der Waals surface area contributed by atoms with Crippen LogP contribution in [-0.4, -0.2) is 26.2 Å². The van der Waals surface area contributed by atoms with Crippen molar-refractivity contribution in [2.75, 3.05) is 6.61 Å². The topological polar surface area (TPSA) is 81.4 Å². The maximum Gasteiger partial charge on any atom is 0.217 e. The van der Waals surface area contributed by atoms with E-state index in [0.717, 1.165) is 5.56 Å². The van der Waals surface area contributed by atoms with Crippen molar-refractivity contribution in [3.05, 3.63) is 47.9 Å². The van der Waals surface area contributed by atoms with Gasteiger partial charge in [0.2, 0.25) is 10.0 Å². The van der Waals surface area contributed by atoms with Crippen molar-refractivity contribution < 1.29 is 17.7 Å². The third-order valence-corrected chi connectivity index (χ3v) is 4.17. The Kier molecular flexibility index (Phi) is 4.98. The number of aryl methyl sites for hydroxylation is 1. The van der Waals surface area contributed by atoms with Crippen LogP contribution in [0.25, 0.3) is 0 Å². The zero-order valence-electron chi connectivity index (χ0n) is 11.9. The summed E-state index contributed by atoms with van der Waals surface area (Å²) in [6.07, 6.45) is 1.34. The van der Waals surface area contributed by atoms with E-state index >= 15 is 0 Å². The summed E-state index contributed by atoms with van der Waals surface area (Å²) in [6, 6.07) is 8.76. The largest absolute Gasteiger partial charge is 0.492 e. The molecule has 1 N–H and O–H groups in total. The van der Waals surface area contributed by atoms with Gasteiger partial charge >= 0.3 is 0 Å². The summed E-state index contributed by atoms with van der Waals surface area (Å²) in [5.74, 6) is 0.501. The molecule has 0 fully saturated rings. The van der Waals surface area contributed by atoms with Crippen LogP contribution in [0.15, 0.2) is 41.1 Å². The molecule has 0 aliphatic rings. The monoisotopic (exact) mass is 310 g/mol. The number of benzene rings is 1. The Hall–Kier alpha value is -1.86. The number of hydrogen-bond acceptors (Lipinski definition) is 5. The van der Waals surface area contributed by atoms with Gasteiger partial charge in [0, 0.05) is 6.07 Å². The van der Waals surface area contributed by atoms with Crippen molar-refractivity contribution >= 4 is 10.0 Å². The Morgan fingerprint density at radius 2 is 2.00 bits per heavy atom. The van der Waals surface area contributed by atoms with Crippen molar-refractivity contribution in [2.24, 2.45) is 0 Å². The van der Waals surface area contributed by atoms with E-state index in [-0.39, 0.29) is 18.4 Å². The van der Waals surface area contributed by atoms with Crippen LogP contribution in [0.1, 0.15) is 18.2 Å². The number of ether oxygens (including phenoxy) is 1. The number of nitrogens with zero attached hydrogens (tertiary/aromatic N) is 1. The van der Waals surface area contributed by atoms with Crippen molar-refractivity contribution in [2.45, 2.75) is 25.6 Å². The van der Waals surface area contributed by atoms with Gasteiger partial charge in [-0.2, -0.15) is 0 Å². The smallest absolute Gasteiger partial charge is 0.217 e. The van der Waals surface area contributed by atoms with E-state index in [1.807, 2.05) is 31.2 Å². The Labute approximate surface area is 124 Å². The molecule has 0 saturated heterocycles. The molecular weight excluding hydrogens is 292 g/mol. The van der Waals surface area contributed by atoms with Crippen LogP contribution in [-0.2, 0) is 15.8 Å². The molecule has 0 bridgehead atoms. The fraction of sp³-hybridized carbons (Fsp3) is 0.357. The van der Waals surface area contributed by atoms with Crippen molar-refractivity contribution in [3.8, 4) is 5.75 Å². The molecule has 1 heterocycles. The second kappa shape index (κ2) is 6.73. The van der Waals surface area contributed by atoms with Gasteiger partial charge in [-0.05, 0) is 26.0 Å². The Bertz CT molecular complexity index is 651. The highest BCUT2D eigenvalue weighted by Crippen LogP contribution is 2.11. The maximum absolute atomic E-state index is 11.9. The summed E-state index contributed by atoms with van der Waals surface area (Å²) in [4.78, 5) is 0. The molecular formula is C14H18N2O4S. The van der Waals surface area contributed by atoms with Gasteiger partial charge in [0.1, 0.15) is 24.4 Å². The summed E-state index contributed by atoms with van der Waals surface area (Å²) < 4.78 is 36.5. The summed E-state index contributed by atoms with van der Waals surface area (Å²) in [5, 5.41) is 3.59. The van der Waals surface area contributed by atoms with E-state index in [2.05, 4.69) is 14.4 Å². The summed E-state index contributed by atoms with van der Waals surface area (Å²) in [6.45, 7) is 3.99. The molecule has 0 aliphatic heterocycles. The molecule has 0 aliphatic carbocycles. The molecule has 114 valence electrons. The third kappa shape index (κ3) is 5.20. The van der Waals surface area contributed by atoms with E-state index in [9.17, 15) is 8.42 Å². The molecule has 2 aromatic rings. The predicted octanol–water partition coefficient (Wildman–Crippen LogP) is 1.87. The first kappa shape index (κ1) is 15.5. The van der Waals surface area contributed by atoms with Crippen LogP contribution < -0.4 is 9.46 Å². The SMILES string of the molecule is Cc1ccc(OCC(C)NS(=O)(=O)Cc2ccon2)cc1. The molecule has 0 radical (unpaired) electrons. The minimum absolute atomic E-state index is 0.210. The van der Waals surface area contributed by atoms with Crippen LogP contribution in [0.5, 0.6) is 5.75 Å². The van der Waals surface area contributed by atoms with Gasteiger partial charge in [0.25, 0.3) is 0 Å². The first-order valence-corrected chi connectivity index (χ1v) is 8.18. The second-order valence-electron chi connectivity index (χ2n) is 4.89. The van der Waals surface area contributed by atoms with E-state index in [0.29, 0.717) is 11.4 Å². The van der Waals surface area contributed by atoms with Gasteiger partial charge in [-0.3, -0.25) is 0 Å². The van der Waals surface area contributed by atoms with Crippen LogP contribution in [0.4, 0.5) is 0 Å². The molecule has 1 aromatic carbocycles. The van der Waals surface area contributed by atoms with E-state index < -0.39 is 10.0 Å². The van der Waals surface area contributed by atoms with Crippen LogP contribution in [0.3, 0.4) is 0 Å². The Morgan fingerprint density at radius 1 is 1.29 bits per heavy atom. The molecule has 2 rings (SSSR count). The maximum atomic E-state index is 11.9. The Balaban J connectivity index is 1.83. The van der Waals surface area contributed by atoms with Crippen molar-refractivity contribution in [3.63, 3.8) is 0 Å². The highest BCUT2D eigenvalue weighted by molar-refractivity contribution is 7.88. The number of aromatic nitrogens is 1. The van der Waals surface area contributed by atoms with Crippen LogP contribution in [0.2, 0.25) is 0 Å². The van der Waals surface area contributed by atoms with Gasteiger partial charge < -0.3 is 9.26 Å². The second-order valence-corrected chi connectivity index (χ2v) is 6.65. The minimum atomic E-state index is -3.47. The van der Waals surface area contributed by atoms with Gasteiger partial charge in [-0.25, -0.2) is 13.1 Å². The zero-order chi connectivity index (χ0) is 15.3. The lowest BCUT2D eigenvalue weighted by Gasteiger charge is -2.14. The van der Waals surface area contributed by atoms with Gasteiger partial charge in [-0.1, -0.05) is 22.9 Å². The lowest BCUT2D eigenvalue weighted by molar-refractivity contribution is 0.287. The van der Waals surface area contributed by atoms with Crippen LogP contribution in [0, 0.1) is 6.92 Å². The summed E-state index contributed by atoms with van der Waals surface area (Å²) in [7, 11) is -3.47. The third-order valence-electron chi connectivity index (χ3n) is 2.73. The predicted molar refractivity (Wildman–Crippen MR) is 78.4 cm³/mol. The summed E-state index contributed by atoms with van der Waals surface area (Å²) in [5.41, 5.74) is 1.51. The van der Waals surface area contributed by atoms with Crippen molar-refractivity contribution in [1.82, 2.24) is 9.88 Å². The highest BCUT2D eigenvalue weighted by atomic mass is 32.2. The van der Waals surface area contributed by atoms with Crippen molar-refractivity contribution in [1.29, 1.82) is 0 Å². The van der Waals surface area contributed by atoms with Gasteiger partial charge in [-0.15, -0.1) is 0 Å². The lowest BCUT2D eigenvalue weighted by atomic mass is 10.2.